The van der Waals surface area contributed by atoms with E-state index in [-0.39, 0.29) is 24.1 Å². The van der Waals surface area contributed by atoms with Gasteiger partial charge in [-0.1, -0.05) is 0 Å². The Morgan fingerprint density at radius 1 is 1.28 bits per heavy atom. The molecule has 0 radical (unpaired) electrons. The lowest BCUT2D eigenvalue weighted by atomic mass is 10.2. The number of hydrogen-bond acceptors (Lipinski definition) is 8. The molecule has 2 fully saturated rings. The molecular weight excluding hydrogens is 417 g/mol. The number of rotatable bonds is 5. The van der Waals surface area contributed by atoms with E-state index >= 15 is 0 Å². The number of amides is 1. The predicted molar refractivity (Wildman–Crippen MR) is 113 cm³/mol. The van der Waals surface area contributed by atoms with Gasteiger partial charge in [0, 0.05) is 31.4 Å². The summed E-state index contributed by atoms with van der Waals surface area (Å²) in [5.74, 6) is 0.231. The Kier molecular flexibility index (Phi) is 5.35. The van der Waals surface area contributed by atoms with Gasteiger partial charge in [0.15, 0.2) is 11.5 Å². The van der Waals surface area contributed by atoms with Crippen LogP contribution in [0, 0.1) is 5.82 Å². The van der Waals surface area contributed by atoms with E-state index in [1.165, 1.54) is 18.3 Å². The summed E-state index contributed by atoms with van der Waals surface area (Å²) in [7, 11) is 1.95. The van der Waals surface area contributed by atoms with Crippen molar-refractivity contribution in [3.05, 3.63) is 48.2 Å². The third-order valence-electron chi connectivity index (χ3n) is 5.73. The van der Waals surface area contributed by atoms with Gasteiger partial charge in [0.25, 0.3) is 5.91 Å². The minimum Gasteiger partial charge on any atom is -0.471 e. The summed E-state index contributed by atoms with van der Waals surface area (Å²) in [4.78, 5) is 29.4. The average Bonchev–Trinajstić information content (AvgIpc) is 3.47. The van der Waals surface area contributed by atoms with Gasteiger partial charge in [0.1, 0.15) is 17.5 Å². The van der Waals surface area contributed by atoms with Crippen molar-refractivity contribution in [2.24, 2.45) is 0 Å². The molecule has 3 aromatic heterocycles. The van der Waals surface area contributed by atoms with E-state index in [2.05, 4.69) is 32.2 Å². The Morgan fingerprint density at radius 2 is 2.16 bits per heavy atom. The highest BCUT2D eigenvalue weighted by molar-refractivity contribution is 6.00. The SMILES string of the molecule is C[C@H]1CCON1c1ccn2ncc(C(=O)N[C@@H]3CN(C)C[C@@H]3Oc3ccc(F)cn3)c2n1. The number of hydrogen-bond donors (Lipinski definition) is 1. The summed E-state index contributed by atoms with van der Waals surface area (Å²) >= 11 is 0. The number of ether oxygens (including phenoxy) is 1. The molecule has 0 bridgehead atoms. The molecule has 1 N–H and O–H groups in total. The molecule has 2 saturated heterocycles. The Labute approximate surface area is 183 Å². The molecular formula is C21H24FN7O3. The van der Waals surface area contributed by atoms with Crippen LogP contribution < -0.4 is 15.1 Å². The lowest BCUT2D eigenvalue weighted by Gasteiger charge is -2.21. The van der Waals surface area contributed by atoms with Crippen LogP contribution in [0.2, 0.25) is 0 Å². The van der Waals surface area contributed by atoms with E-state index in [1.54, 1.807) is 15.8 Å². The third kappa shape index (κ3) is 3.96. The molecule has 3 aromatic rings. The van der Waals surface area contributed by atoms with Crippen LogP contribution in [-0.4, -0.2) is 75.3 Å². The van der Waals surface area contributed by atoms with Crippen LogP contribution >= 0.6 is 0 Å². The van der Waals surface area contributed by atoms with Gasteiger partial charge in [-0.15, -0.1) is 0 Å². The first-order valence-electron chi connectivity index (χ1n) is 10.5. The fraction of sp³-hybridized carbons (Fsp3) is 0.429. The Hall–Kier alpha value is -3.31. The summed E-state index contributed by atoms with van der Waals surface area (Å²) in [6.07, 6.45) is 4.96. The van der Waals surface area contributed by atoms with Gasteiger partial charge < -0.3 is 15.0 Å². The molecule has 0 spiro atoms. The number of anilines is 1. The molecule has 2 aliphatic rings. The van der Waals surface area contributed by atoms with E-state index in [4.69, 9.17) is 9.57 Å². The molecule has 2 aliphatic heterocycles. The van der Waals surface area contributed by atoms with Crippen molar-refractivity contribution >= 4 is 17.4 Å². The van der Waals surface area contributed by atoms with Crippen molar-refractivity contribution in [2.75, 3.05) is 31.8 Å². The smallest absolute Gasteiger partial charge is 0.257 e. The van der Waals surface area contributed by atoms with Crippen molar-refractivity contribution < 1.29 is 18.8 Å². The molecule has 11 heteroatoms. The van der Waals surface area contributed by atoms with Gasteiger partial charge in [-0.05, 0) is 26.5 Å². The van der Waals surface area contributed by atoms with Crippen LogP contribution in [0.25, 0.3) is 5.65 Å². The normalized spacial score (nSPS) is 23.7. The summed E-state index contributed by atoms with van der Waals surface area (Å²) in [5, 5.41) is 9.06. The Balaban J connectivity index is 1.34. The predicted octanol–water partition coefficient (Wildman–Crippen LogP) is 1.28. The molecule has 5 rings (SSSR count). The Bertz CT molecular complexity index is 1120. The van der Waals surface area contributed by atoms with Crippen molar-refractivity contribution in [3.8, 4) is 5.88 Å². The lowest BCUT2D eigenvalue weighted by Crippen LogP contribution is -2.45. The molecule has 0 saturated carbocycles. The number of hydroxylamine groups is 1. The zero-order valence-corrected chi connectivity index (χ0v) is 17.8. The number of nitrogens with one attached hydrogen (secondary N) is 1. The maximum Gasteiger partial charge on any atom is 0.257 e. The number of likely N-dealkylation sites (N-methyl/N-ethyl adjacent to an activating group) is 1. The summed E-state index contributed by atoms with van der Waals surface area (Å²) in [6, 6.07) is 4.51. The van der Waals surface area contributed by atoms with Crippen LogP contribution in [0.5, 0.6) is 5.88 Å². The third-order valence-corrected chi connectivity index (χ3v) is 5.73. The number of fused-ring (bicyclic) bond motifs is 1. The quantitative estimate of drug-likeness (QED) is 0.633. The largest absolute Gasteiger partial charge is 0.471 e. The van der Waals surface area contributed by atoms with E-state index in [0.29, 0.717) is 42.6 Å². The van der Waals surface area contributed by atoms with E-state index in [1.807, 2.05) is 13.1 Å². The highest BCUT2D eigenvalue weighted by Crippen LogP contribution is 2.23. The second kappa shape index (κ2) is 8.32. The molecule has 168 valence electrons. The topological polar surface area (TPSA) is 97.1 Å². The number of pyridine rings is 1. The minimum absolute atomic E-state index is 0.206. The highest BCUT2D eigenvalue weighted by Gasteiger charge is 2.35. The monoisotopic (exact) mass is 441 g/mol. The second-order valence-electron chi connectivity index (χ2n) is 8.18. The number of carbonyl (C=O) groups excluding carboxylic acids is 1. The molecule has 10 nitrogen and oxygen atoms in total. The van der Waals surface area contributed by atoms with Gasteiger partial charge in [-0.25, -0.2) is 23.9 Å². The van der Waals surface area contributed by atoms with Crippen LogP contribution in [-0.2, 0) is 4.84 Å². The van der Waals surface area contributed by atoms with Crippen LogP contribution in [0.1, 0.15) is 23.7 Å². The fourth-order valence-corrected chi connectivity index (χ4v) is 4.05. The van der Waals surface area contributed by atoms with Gasteiger partial charge in [-0.2, -0.15) is 5.10 Å². The first-order chi connectivity index (χ1) is 15.5. The molecule has 5 heterocycles. The summed E-state index contributed by atoms with van der Waals surface area (Å²) in [6.45, 7) is 3.91. The minimum atomic E-state index is -0.431. The van der Waals surface area contributed by atoms with Crippen molar-refractivity contribution in [1.29, 1.82) is 0 Å². The Morgan fingerprint density at radius 3 is 2.91 bits per heavy atom. The highest BCUT2D eigenvalue weighted by atomic mass is 19.1. The molecule has 0 unspecified atom stereocenters. The molecule has 0 aliphatic carbocycles. The first kappa shape index (κ1) is 20.6. The second-order valence-corrected chi connectivity index (χ2v) is 8.18. The van der Waals surface area contributed by atoms with E-state index in [9.17, 15) is 9.18 Å². The van der Waals surface area contributed by atoms with Gasteiger partial charge >= 0.3 is 0 Å². The standard InChI is InChI=1S/C21H24FN7O3/c1-13-6-8-31-29(13)18-5-7-28-20(26-18)15(10-24-28)21(30)25-16-11-27(2)12-17(16)32-19-4-3-14(22)9-23-19/h3-5,7,9-10,13,16-17H,6,8,11-12H2,1-2H3,(H,25,30)/t13-,16+,17-/m0/s1. The number of nitrogens with zero attached hydrogens (tertiary/aromatic N) is 6. The number of aromatic nitrogens is 4. The molecule has 3 atom stereocenters. The van der Waals surface area contributed by atoms with Crippen molar-refractivity contribution in [3.63, 3.8) is 0 Å². The molecule has 0 aromatic carbocycles. The van der Waals surface area contributed by atoms with Crippen LogP contribution in [0.4, 0.5) is 10.2 Å². The molecule has 32 heavy (non-hydrogen) atoms. The number of halogens is 1. The van der Waals surface area contributed by atoms with Gasteiger partial charge in [0.2, 0.25) is 5.88 Å². The zero-order chi connectivity index (χ0) is 22.2. The van der Waals surface area contributed by atoms with E-state index < -0.39 is 5.82 Å². The summed E-state index contributed by atoms with van der Waals surface area (Å²) < 4.78 is 20.6. The fourth-order valence-electron chi connectivity index (χ4n) is 4.05. The average molecular weight is 441 g/mol. The van der Waals surface area contributed by atoms with Crippen LogP contribution in [0.3, 0.4) is 0 Å². The maximum atomic E-state index is 13.1. The first-order valence-corrected chi connectivity index (χ1v) is 10.5. The number of carbonyl (C=O) groups is 1. The van der Waals surface area contributed by atoms with Gasteiger partial charge in [0.05, 0.1) is 31.1 Å². The molecule has 1 amide bonds. The van der Waals surface area contributed by atoms with E-state index in [0.717, 1.165) is 12.6 Å². The zero-order valence-electron chi connectivity index (χ0n) is 17.8. The van der Waals surface area contributed by atoms with Crippen molar-refractivity contribution in [2.45, 2.75) is 31.5 Å². The summed E-state index contributed by atoms with van der Waals surface area (Å²) in [5.41, 5.74) is 0.818. The van der Waals surface area contributed by atoms with Gasteiger partial charge in [-0.3, -0.25) is 9.63 Å². The number of likely N-dealkylation sites (tertiary alicyclic amines) is 1. The lowest BCUT2D eigenvalue weighted by molar-refractivity contribution is 0.0903. The maximum absolute atomic E-state index is 13.1. The van der Waals surface area contributed by atoms with Crippen molar-refractivity contribution in [1.82, 2.24) is 29.8 Å². The van der Waals surface area contributed by atoms with Crippen LogP contribution in [0.15, 0.2) is 36.8 Å².